The second kappa shape index (κ2) is 9.19. The van der Waals surface area contributed by atoms with Gasteiger partial charge < -0.3 is 32.7 Å². The maximum Gasteiger partial charge on any atom is 0.294 e. The Hall–Kier alpha value is -2.71. The number of rotatable bonds is 6. The molecule has 0 spiro atoms. The summed E-state index contributed by atoms with van der Waals surface area (Å²) in [5.41, 5.74) is 20.8. The van der Waals surface area contributed by atoms with Crippen molar-refractivity contribution in [2.75, 3.05) is 26.2 Å². The predicted octanol–water partition coefficient (Wildman–Crippen LogP) is 0.517. The molecule has 29 heavy (non-hydrogen) atoms. The highest BCUT2D eigenvalue weighted by Crippen LogP contribution is 2.23. The van der Waals surface area contributed by atoms with E-state index >= 15 is 0 Å². The third kappa shape index (κ3) is 5.42. The fourth-order valence-corrected chi connectivity index (χ4v) is 3.49. The highest BCUT2D eigenvalue weighted by Gasteiger charge is 2.21. The number of halogens is 1. The smallest absolute Gasteiger partial charge is 0.294 e. The quantitative estimate of drug-likeness (QED) is 0.258. The van der Waals surface area contributed by atoms with Gasteiger partial charge in [0, 0.05) is 31.1 Å². The van der Waals surface area contributed by atoms with Crippen LogP contribution in [-0.2, 0) is 11.3 Å². The van der Waals surface area contributed by atoms with Gasteiger partial charge in [-0.1, -0.05) is 29.3 Å². The molecule has 0 unspecified atom stereocenters. The van der Waals surface area contributed by atoms with E-state index in [0.29, 0.717) is 54.3 Å². The molecule has 9 heteroatoms. The zero-order chi connectivity index (χ0) is 21.0. The minimum atomic E-state index is -0.561. The number of allylic oxidation sites excluding steroid dienone is 1. The van der Waals surface area contributed by atoms with E-state index in [1.54, 1.807) is 6.08 Å². The van der Waals surface area contributed by atoms with E-state index in [9.17, 15) is 4.79 Å². The molecule has 0 atom stereocenters. The number of amidine groups is 1. The Balaban J connectivity index is 1.76. The van der Waals surface area contributed by atoms with Gasteiger partial charge in [0.05, 0.1) is 5.70 Å². The molecule has 1 fully saturated rings. The molecule has 1 amide bonds. The Kier molecular flexibility index (Phi) is 6.66. The molecule has 8 N–H and O–H groups in total. The van der Waals surface area contributed by atoms with Gasteiger partial charge in [-0.15, -0.1) is 0 Å². The minimum Gasteiger partial charge on any atom is -0.394 e. The highest BCUT2D eigenvalue weighted by atomic mass is 35.5. The monoisotopic (exact) mass is 417 g/mol. The van der Waals surface area contributed by atoms with Crippen molar-refractivity contribution < 1.29 is 4.79 Å². The van der Waals surface area contributed by atoms with E-state index in [4.69, 9.17) is 28.8 Å². The lowest BCUT2D eigenvalue weighted by Gasteiger charge is -2.32. The van der Waals surface area contributed by atoms with Crippen LogP contribution in [0.4, 0.5) is 0 Å². The molecule has 0 radical (unpaired) electrons. The van der Waals surface area contributed by atoms with Crippen LogP contribution in [0.5, 0.6) is 0 Å². The number of benzene rings is 1. The molecule has 1 saturated heterocycles. The maximum absolute atomic E-state index is 12.4. The molecule has 8 nitrogen and oxygen atoms in total. The van der Waals surface area contributed by atoms with Crippen LogP contribution in [0.2, 0.25) is 5.02 Å². The van der Waals surface area contributed by atoms with Crippen LogP contribution in [-0.4, -0.2) is 42.8 Å². The van der Waals surface area contributed by atoms with Crippen LogP contribution >= 0.6 is 11.6 Å². The fraction of sp³-hybridized carbons (Fsp3) is 0.400. The van der Waals surface area contributed by atoms with Gasteiger partial charge in [-0.25, -0.2) is 0 Å². The number of hydrogen-bond donors (Lipinski definition) is 5. The SMILES string of the molecule is Cc1ccc(Cl)c(CN2CCNC(N)=C2/C=C(\N)C(=O)N=C(N)CC2CNC2)c1. The number of nitrogens with zero attached hydrogens (tertiary/aromatic N) is 2. The van der Waals surface area contributed by atoms with Crippen LogP contribution in [0.1, 0.15) is 17.5 Å². The zero-order valence-corrected chi connectivity index (χ0v) is 17.3. The topological polar surface area (TPSA) is 135 Å². The molecule has 1 aromatic carbocycles. The van der Waals surface area contributed by atoms with Gasteiger partial charge in [-0.2, -0.15) is 4.99 Å². The number of nitrogens with one attached hydrogen (secondary N) is 2. The molecular formula is C20H28ClN7O. The Morgan fingerprint density at radius 2 is 2.14 bits per heavy atom. The summed E-state index contributed by atoms with van der Waals surface area (Å²) in [6.45, 7) is 5.72. The van der Waals surface area contributed by atoms with Gasteiger partial charge >= 0.3 is 0 Å². The van der Waals surface area contributed by atoms with Crippen molar-refractivity contribution in [2.24, 2.45) is 28.1 Å². The fourth-order valence-electron chi connectivity index (χ4n) is 3.31. The van der Waals surface area contributed by atoms with Crippen molar-refractivity contribution >= 4 is 23.3 Å². The summed E-state index contributed by atoms with van der Waals surface area (Å²) < 4.78 is 0. The second-order valence-electron chi connectivity index (χ2n) is 7.48. The van der Waals surface area contributed by atoms with Gasteiger partial charge in [0.2, 0.25) is 0 Å². The molecule has 0 saturated carbocycles. The molecule has 2 heterocycles. The number of carbonyl (C=O) groups excluding carboxylic acids is 1. The van der Waals surface area contributed by atoms with Gasteiger partial charge in [0.1, 0.15) is 17.4 Å². The van der Waals surface area contributed by atoms with E-state index in [1.165, 1.54) is 0 Å². The average molecular weight is 418 g/mol. The lowest BCUT2D eigenvalue weighted by Crippen LogP contribution is -2.44. The van der Waals surface area contributed by atoms with Gasteiger partial charge in [-0.05, 0) is 43.6 Å². The highest BCUT2D eigenvalue weighted by molar-refractivity contribution is 6.31. The molecule has 0 bridgehead atoms. The Bertz CT molecular complexity index is 874. The van der Waals surface area contributed by atoms with E-state index in [2.05, 4.69) is 15.6 Å². The first-order chi connectivity index (χ1) is 13.8. The van der Waals surface area contributed by atoms with Crippen molar-refractivity contribution in [3.63, 3.8) is 0 Å². The van der Waals surface area contributed by atoms with Crippen molar-refractivity contribution in [1.29, 1.82) is 0 Å². The van der Waals surface area contributed by atoms with Gasteiger partial charge in [0.25, 0.3) is 5.91 Å². The van der Waals surface area contributed by atoms with Gasteiger partial charge in [0.15, 0.2) is 0 Å². The maximum atomic E-state index is 12.4. The third-order valence-corrected chi connectivity index (χ3v) is 5.39. The molecular weight excluding hydrogens is 390 g/mol. The summed E-state index contributed by atoms with van der Waals surface area (Å²) in [4.78, 5) is 18.4. The predicted molar refractivity (Wildman–Crippen MR) is 116 cm³/mol. The lowest BCUT2D eigenvalue weighted by atomic mass is 9.99. The largest absolute Gasteiger partial charge is 0.394 e. The molecule has 156 valence electrons. The van der Waals surface area contributed by atoms with Crippen LogP contribution < -0.4 is 27.8 Å². The number of amides is 1. The van der Waals surface area contributed by atoms with Crippen LogP contribution in [0.25, 0.3) is 0 Å². The summed E-state index contributed by atoms with van der Waals surface area (Å²) in [5.74, 6) is 0.611. The summed E-state index contributed by atoms with van der Waals surface area (Å²) in [6.07, 6.45) is 2.13. The number of carbonyl (C=O) groups is 1. The molecule has 0 aliphatic carbocycles. The number of aryl methyl sites for hydroxylation is 1. The standard InChI is InChI=1S/C20H28ClN7O/c1-12-2-3-15(21)14(6-12)11-28-5-4-26-19(24)17(28)8-16(22)20(29)27-18(23)7-13-9-25-10-13/h2-3,6,8,13,25-26H,4-5,7,9-11,22,24H2,1H3,(H2,23,27,29)/b16-8-. The van der Waals surface area contributed by atoms with Crippen molar-refractivity contribution in [2.45, 2.75) is 19.9 Å². The summed E-state index contributed by atoms with van der Waals surface area (Å²) in [5, 5.41) is 6.95. The molecule has 2 aliphatic heterocycles. The van der Waals surface area contributed by atoms with E-state index in [-0.39, 0.29) is 5.70 Å². The lowest BCUT2D eigenvalue weighted by molar-refractivity contribution is -0.114. The number of hydrogen-bond acceptors (Lipinski definition) is 6. The Morgan fingerprint density at radius 3 is 2.83 bits per heavy atom. The van der Waals surface area contributed by atoms with Crippen LogP contribution in [0.3, 0.4) is 0 Å². The summed E-state index contributed by atoms with van der Waals surface area (Å²) >= 11 is 6.35. The third-order valence-electron chi connectivity index (χ3n) is 5.02. The van der Waals surface area contributed by atoms with Crippen LogP contribution in [0, 0.1) is 12.8 Å². The van der Waals surface area contributed by atoms with Gasteiger partial charge in [-0.3, -0.25) is 4.79 Å². The molecule has 0 aromatic heterocycles. The number of aliphatic imine (C=N–C) groups is 1. The first-order valence-electron chi connectivity index (χ1n) is 9.62. The first-order valence-corrected chi connectivity index (χ1v) is 10.00. The zero-order valence-electron chi connectivity index (χ0n) is 16.5. The molecule has 3 rings (SSSR count). The van der Waals surface area contributed by atoms with E-state index in [0.717, 1.165) is 24.2 Å². The van der Waals surface area contributed by atoms with Crippen molar-refractivity contribution in [3.8, 4) is 0 Å². The van der Waals surface area contributed by atoms with E-state index < -0.39 is 5.91 Å². The van der Waals surface area contributed by atoms with Crippen LogP contribution in [0.15, 0.2) is 46.5 Å². The average Bonchev–Trinajstić information content (AvgIpc) is 2.64. The Labute approximate surface area is 175 Å². The van der Waals surface area contributed by atoms with E-state index in [1.807, 2.05) is 30.0 Å². The minimum absolute atomic E-state index is 0.0123. The first kappa shape index (κ1) is 21.0. The van der Waals surface area contributed by atoms with Crippen molar-refractivity contribution in [3.05, 3.63) is 57.6 Å². The normalized spacial score (nSPS) is 18.5. The second-order valence-corrected chi connectivity index (χ2v) is 7.89. The summed E-state index contributed by atoms with van der Waals surface area (Å²) in [7, 11) is 0. The summed E-state index contributed by atoms with van der Waals surface area (Å²) in [6, 6.07) is 5.88. The molecule has 2 aliphatic rings. The number of nitrogens with two attached hydrogens (primary N) is 3. The van der Waals surface area contributed by atoms with Crippen molar-refractivity contribution in [1.82, 2.24) is 15.5 Å². The Morgan fingerprint density at radius 1 is 1.38 bits per heavy atom. The molecule has 1 aromatic rings.